The lowest BCUT2D eigenvalue weighted by Crippen LogP contribution is -2.50. The molecule has 194 valence electrons. The molecule has 0 saturated carbocycles. The summed E-state index contributed by atoms with van der Waals surface area (Å²) in [5, 5.41) is 2.53. The van der Waals surface area contributed by atoms with Crippen LogP contribution >= 0.6 is 0 Å². The number of aldehydes is 1. The van der Waals surface area contributed by atoms with E-state index in [0.717, 1.165) is 0 Å². The van der Waals surface area contributed by atoms with Gasteiger partial charge in [-0.2, -0.15) is 0 Å². The van der Waals surface area contributed by atoms with E-state index in [9.17, 15) is 24.0 Å². The molecule has 1 N–H and O–H groups in total. The van der Waals surface area contributed by atoms with Gasteiger partial charge in [0.15, 0.2) is 0 Å². The summed E-state index contributed by atoms with van der Waals surface area (Å²) in [5.41, 5.74) is 0. The van der Waals surface area contributed by atoms with Crippen LogP contribution in [-0.2, 0) is 38.2 Å². The summed E-state index contributed by atoms with van der Waals surface area (Å²) in [6.45, 7) is 4.04. The predicted octanol–water partition coefficient (Wildman–Crippen LogP) is -2.96. The summed E-state index contributed by atoms with van der Waals surface area (Å²) in [6, 6.07) is 0. The van der Waals surface area contributed by atoms with Gasteiger partial charge in [-0.15, -0.1) is 0 Å². The summed E-state index contributed by atoms with van der Waals surface area (Å²) in [7, 11) is 3.97. The fourth-order valence-electron chi connectivity index (χ4n) is 3.37. The van der Waals surface area contributed by atoms with E-state index in [1.807, 2.05) is 19.6 Å². The minimum absolute atomic E-state index is 0.0639. The van der Waals surface area contributed by atoms with Gasteiger partial charge in [-0.1, -0.05) is 0 Å². The maximum Gasteiger partial charge on any atom is 0.319 e. The molecule has 0 aliphatic carbocycles. The maximum atomic E-state index is 12.2. The normalized spacial score (nSPS) is 17.6. The third-order valence-corrected chi connectivity index (χ3v) is 5.42. The smallest absolute Gasteiger partial charge is 0.319 e. The minimum Gasteiger partial charge on any atom is -0.468 e. The number of nitrogens with zero attached hydrogens (tertiary/aromatic N) is 4. The zero-order valence-corrected chi connectivity index (χ0v) is 20.3. The monoisotopic (exact) mass is 487 g/mol. The second kappa shape index (κ2) is 16.9. The van der Waals surface area contributed by atoms with Crippen LogP contribution in [0.25, 0.3) is 0 Å². The van der Waals surface area contributed by atoms with E-state index in [1.165, 1.54) is 21.3 Å². The lowest BCUT2D eigenvalue weighted by molar-refractivity contribution is -0.144. The van der Waals surface area contributed by atoms with Gasteiger partial charge in [0.1, 0.15) is 6.29 Å². The van der Waals surface area contributed by atoms with E-state index in [-0.39, 0.29) is 56.5 Å². The van der Waals surface area contributed by atoms with E-state index < -0.39 is 0 Å². The van der Waals surface area contributed by atoms with Crippen LogP contribution in [0.5, 0.6) is 0 Å². The molecule has 0 spiro atoms. The van der Waals surface area contributed by atoms with Gasteiger partial charge in [0, 0.05) is 52.4 Å². The summed E-state index contributed by atoms with van der Waals surface area (Å²) in [4.78, 5) is 66.0. The molecule has 0 aromatic rings. The number of ether oxygens (including phenoxy) is 3. The van der Waals surface area contributed by atoms with Crippen molar-refractivity contribution in [3.05, 3.63) is 0 Å². The van der Waals surface area contributed by atoms with Crippen molar-refractivity contribution >= 4 is 30.1 Å². The Morgan fingerprint density at radius 2 is 0.912 bits per heavy atom. The number of carbonyl (C=O) groups excluding carboxylic acids is 5. The van der Waals surface area contributed by atoms with Crippen molar-refractivity contribution in [1.29, 1.82) is 0 Å². The van der Waals surface area contributed by atoms with Crippen LogP contribution in [0, 0.1) is 0 Å². The highest BCUT2D eigenvalue weighted by molar-refractivity contribution is 5.80. The Kier molecular flexibility index (Phi) is 14.6. The van der Waals surface area contributed by atoms with E-state index in [0.29, 0.717) is 58.6 Å². The number of amides is 1. The van der Waals surface area contributed by atoms with Crippen molar-refractivity contribution in [2.45, 2.75) is 0 Å². The number of methoxy groups -OCH3 is 3. The molecule has 0 unspecified atom stereocenters. The second-order valence-electron chi connectivity index (χ2n) is 7.80. The number of rotatable bonds is 10. The van der Waals surface area contributed by atoms with Gasteiger partial charge >= 0.3 is 17.9 Å². The highest BCUT2D eigenvalue weighted by Crippen LogP contribution is 2.02. The van der Waals surface area contributed by atoms with Crippen molar-refractivity contribution in [3.63, 3.8) is 0 Å². The predicted molar refractivity (Wildman–Crippen MR) is 121 cm³/mol. The molecule has 1 fully saturated rings. The Labute approximate surface area is 200 Å². The standard InChI is InChI=1S/C21H37N5O8/c1-32-19(29)15-24-7-5-23(14-18(28)22-4-13-27)6-8-25(16-20(30)33-2)10-12-26(11-9-24)17-21(31)34-3/h13H,4-12,14-17H2,1-3H3,(H,22,28). The largest absolute Gasteiger partial charge is 0.468 e. The third-order valence-electron chi connectivity index (χ3n) is 5.42. The molecule has 0 aromatic carbocycles. The lowest BCUT2D eigenvalue weighted by Gasteiger charge is -2.33. The fourth-order valence-corrected chi connectivity index (χ4v) is 3.37. The average Bonchev–Trinajstić information content (AvgIpc) is 2.83. The van der Waals surface area contributed by atoms with Crippen LogP contribution in [0.4, 0.5) is 0 Å². The summed E-state index contributed by atoms with van der Waals surface area (Å²) < 4.78 is 14.4. The Morgan fingerprint density at radius 1 is 0.618 bits per heavy atom. The number of carbonyl (C=O) groups is 5. The van der Waals surface area contributed by atoms with Gasteiger partial charge in [0.05, 0.1) is 54.1 Å². The van der Waals surface area contributed by atoms with E-state index in [1.54, 1.807) is 0 Å². The number of nitrogens with one attached hydrogen (secondary N) is 1. The molecule has 13 heteroatoms. The molecule has 0 aromatic heterocycles. The summed E-state index contributed by atoms with van der Waals surface area (Å²) in [5.74, 6) is -1.43. The summed E-state index contributed by atoms with van der Waals surface area (Å²) >= 11 is 0. The van der Waals surface area contributed by atoms with Gasteiger partial charge < -0.3 is 24.3 Å². The Hall–Kier alpha value is -2.61. The molecule has 1 aliphatic rings. The Morgan fingerprint density at radius 3 is 1.18 bits per heavy atom. The molecular formula is C21H37N5O8. The van der Waals surface area contributed by atoms with Crippen LogP contribution in [0.3, 0.4) is 0 Å². The quantitative estimate of drug-likeness (QED) is 0.191. The minimum atomic E-state index is -0.383. The molecule has 1 rings (SSSR count). The van der Waals surface area contributed by atoms with Gasteiger partial charge in [0.25, 0.3) is 0 Å². The van der Waals surface area contributed by atoms with Crippen molar-refractivity contribution < 1.29 is 38.2 Å². The van der Waals surface area contributed by atoms with Gasteiger partial charge in [-0.05, 0) is 0 Å². The van der Waals surface area contributed by atoms with E-state index in [2.05, 4.69) is 5.32 Å². The van der Waals surface area contributed by atoms with Gasteiger partial charge in [-0.3, -0.25) is 38.8 Å². The van der Waals surface area contributed by atoms with Crippen LogP contribution in [-0.4, -0.2) is 156 Å². The van der Waals surface area contributed by atoms with Gasteiger partial charge in [-0.25, -0.2) is 0 Å². The SMILES string of the molecule is COC(=O)CN1CCN(CC(=O)NCC=O)CCN(CC(=O)OC)CCN(CC(=O)OC)CC1. The zero-order chi connectivity index (χ0) is 25.3. The molecule has 34 heavy (non-hydrogen) atoms. The third kappa shape index (κ3) is 12.6. The average molecular weight is 488 g/mol. The number of hydrogen-bond donors (Lipinski definition) is 1. The molecule has 0 atom stereocenters. The zero-order valence-electron chi connectivity index (χ0n) is 20.3. The number of hydrogen-bond acceptors (Lipinski definition) is 12. The molecule has 1 saturated heterocycles. The first-order chi connectivity index (χ1) is 16.3. The first-order valence-corrected chi connectivity index (χ1v) is 11.1. The maximum absolute atomic E-state index is 12.2. The second-order valence-corrected chi connectivity index (χ2v) is 7.80. The topological polar surface area (TPSA) is 138 Å². The Bertz CT molecular complexity index is 644. The van der Waals surface area contributed by atoms with Crippen LogP contribution < -0.4 is 5.32 Å². The molecule has 1 heterocycles. The van der Waals surface area contributed by atoms with E-state index >= 15 is 0 Å². The molecule has 0 radical (unpaired) electrons. The summed E-state index contributed by atoms with van der Waals surface area (Å²) in [6.07, 6.45) is 0.616. The molecule has 1 amide bonds. The van der Waals surface area contributed by atoms with Crippen molar-refractivity contribution in [1.82, 2.24) is 24.9 Å². The van der Waals surface area contributed by atoms with Crippen LogP contribution in [0.2, 0.25) is 0 Å². The van der Waals surface area contributed by atoms with Crippen molar-refractivity contribution in [2.75, 3.05) is 106 Å². The molecule has 0 bridgehead atoms. The van der Waals surface area contributed by atoms with Crippen molar-refractivity contribution in [2.24, 2.45) is 0 Å². The lowest BCUT2D eigenvalue weighted by atomic mass is 10.3. The first kappa shape index (κ1) is 29.4. The van der Waals surface area contributed by atoms with Crippen LogP contribution in [0.1, 0.15) is 0 Å². The van der Waals surface area contributed by atoms with Gasteiger partial charge in [0.2, 0.25) is 5.91 Å². The van der Waals surface area contributed by atoms with Crippen LogP contribution in [0.15, 0.2) is 0 Å². The molecule has 13 nitrogen and oxygen atoms in total. The fraction of sp³-hybridized carbons (Fsp3) is 0.762. The molecular weight excluding hydrogens is 450 g/mol. The van der Waals surface area contributed by atoms with E-state index in [4.69, 9.17) is 14.2 Å². The van der Waals surface area contributed by atoms with Crippen molar-refractivity contribution in [3.8, 4) is 0 Å². The Balaban J connectivity index is 3.00. The number of esters is 3. The molecule has 1 aliphatic heterocycles. The highest BCUT2D eigenvalue weighted by atomic mass is 16.5. The first-order valence-electron chi connectivity index (χ1n) is 11.1. The highest BCUT2D eigenvalue weighted by Gasteiger charge is 2.21.